The Morgan fingerprint density at radius 3 is 2.23 bits per heavy atom. The molecule has 0 fully saturated rings. The van der Waals surface area contributed by atoms with Gasteiger partial charge in [0.25, 0.3) is 5.56 Å². The van der Waals surface area contributed by atoms with Crippen LogP contribution in [0.3, 0.4) is 0 Å². The van der Waals surface area contributed by atoms with Crippen LogP contribution in [0.15, 0.2) is 23.4 Å². The van der Waals surface area contributed by atoms with Crippen molar-refractivity contribution in [1.82, 2.24) is 14.5 Å². The van der Waals surface area contributed by atoms with Gasteiger partial charge in [-0.1, -0.05) is 7.60 Å². The van der Waals surface area contributed by atoms with Crippen LogP contribution in [-0.4, -0.2) is 46.9 Å². The van der Waals surface area contributed by atoms with Gasteiger partial charge in [0.1, 0.15) is 5.65 Å². The molecule has 152 valence electrons. The van der Waals surface area contributed by atoms with Gasteiger partial charge in [0.05, 0.1) is 37.9 Å². The third kappa shape index (κ3) is 15.4. The zero-order valence-corrected chi connectivity index (χ0v) is 27.8. The van der Waals surface area contributed by atoms with Crippen LogP contribution in [0.1, 0.15) is 0 Å². The summed E-state index contributed by atoms with van der Waals surface area (Å²) in [5, 5.41) is 0.348. The molecule has 0 aromatic carbocycles. The third-order valence-corrected chi connectivity index (χ3v) is 4.71. The maximum absolute atomic E-state index is 11.7. The Labute approximate surface area is 267 Å². The molecule has 31 heavy (non-hydrogen) atoms. The Bertz CT molecular complexity index is 917. The molecule has 18 heteroatoms. The van der Waals surface area contributed by atoms with Crippen molar-refractivity contribution in [2.24, 2.45) is 5.92 Å². The number of H-pyrrole nitrogens is 1. The number of nitrogens with one attached hydrogen (secondary N) is 1. The van der Waals surface area contributed by atoms with Crippen molar-refractivity contribution in [2.75, 3.05) is 32.3 Å². The van der Waals surface area contributed by atoms with E-state index in [0.717, 1.165) is 0 Å². The van der Waals surface area contributed by atoms with Crippen LogP contribution in [-0.2, 0) is 25.1 Å². The van der Waals surface area contributed by atoms with Crippen LogP contribution >= 0.6 is 15.2 Å². The summed E-state index contributed by atoms with van der Waals surface area (Å²) in [7, 11) is -9.53. The summed E-state index contributed by atoms with van der Waals surface area (Å²) in [4.78, 5) is 60.8. The summed E-state index contributed by atoms with van der Waals surface area (Å²) < 4.78 is 33.0. The number of ether oxygens (including phenoxy) is 2. The quantitative estimate of drug-likeness (QED) is 0.171. The van der Waals surface area contributed by atoms with Gasteiger partial charge in [0.2, 0.25) is 0 Å². The van der Waals surface area contributed by atoms with Crippen molar-refractivity contribution in [1.29, 1.82) is 0 Å². The summed E-state index contributed by atoms with van der Waals surface area (Å²) in [5.74, 6) is -0.495. The van der Waals surface area contributed by atoms with Gasteiger partial charge in [-0.05, 0) is 19.8 Å². The van der Waals surface area contributed by atoms with Crippen LogP contribution in [0.4, 0.5) is 0 Å². The van der Waals surface area contributed by atoms with Crippen molar-refractivity contribution >= 4 is 26.2 Å². The molecule has 0 amide bonds. The van der Waals surface area contributed by atoms with Crippen molar-refractivity contribution in [3.05, 3.63) is 28.9 Å². The van der Waals surface area contributed by atoms with E-state index in [9.17, 15) is 33.5 Å². The van der Waals surface area contributed by atoms with Crippen molar-refractivity contribution in [3.63, 3.8) is 0 Å². The number of hydrogen-bond acceptors (Lipinski definition) is 10. The third-order valence-electron chi connectivity index (χ3n) is 3.48. The number of fused-ring (bicyclic) bond motifs is 1. The van der Waals surface area contributed by atoms with Gasteiger partial charge in [-0.25, -0.2) is 4.98 Å². The average Bonchev–Trinajstić information content (AvgIpc) is 2.93. The van der Waals surface area contributed by atoms with E-state index in [1.165, 1.54) is 6.33 Å². The fourth-order valence-electron chi connectivity index (χ4n) is 2.35. The van der Waals surface area contributed by atoms with E-state index in [2.05, 4.69) is 9.97 Å². The van der Waals surface area contributed by atoms with Crippen molar-refractivity contribution < 1.29 is 156 Å². The fraction of sp³-hybridized carbons (Fsp3) is 0.538. The molecule has 12 nitrogen and oxygen atoms in total. The first-order valence-corrected chi connectivity index (χ1v) is 11.2. The summed E-state index contributed by atoms with van der Waals surface area (Å²) >= 11 is 0. The van der Waals surface area contributed by atoms with Gasteiger partial charge in [0.15, 0.2) is 0 Å². The van der Waals surface area contributed by atoms with E-state index in [-0.39, 0.29) is 150 Å². The predicted molar refractivity (Wildman–Crippen MR) is 85.6 cm³/mol. The van der Waals surface area contributed by atoms with E-state index >= 15 is 0 Å². The topological polar surface area (TPSA) is 196 Å². The molecule has 2 aromatic heterocycles. The van der Waals surface area contributed by atoms with Crippen LogP contribution < -0.4 is 143 Å². The molecule has 2 rings (SSSR count). The van der Waals surface area contributed by atoms with Crippen LogP contribution in [0.5, 0.6) is 0 Å². The molecule has 1 atom stereocenters. The molecule has 0 aliphatic rings. The molecule has 0 aliphatic heterocycles. The summed E-state index contributed by atoms with van der Waals surface area (Å²) in [6, 6.07) is 1.55. The van der Waals surface area contributed by atoms with Crippen molar-refractivity contribution in [3.8, 4) is 0 Å². The first kappa shape index (κ1) is 38.2. The normalized spacial score (nSPS) is 12.1. The average molecular weight is 513 g/mol. The second-order valence-corrected chi connectivity index (χ2v) is 8.97. The van der Waals surface area contributed by atoms with Gasteiger partial charge >= 0.3 is 118 Å². The van der Waals surface area contributed by atoms with Gasteiger partial charge in [-0.2, -0.15) is 0 Å². The number of hydrogen-bond donors (Lipinski definition) is 1. The Morgan fingerprint density at radius 2 is 1.65 bits per heavy atom. The number of aromatic nitrogens is 3. The first-order chi connectivity index (χ1) is 12.6. The Balaban J connectivity index is -0.00000196. The van der Waals surface area contributed by atoms with Crippen LogP contribution in [0.2, 0.25) is 0 Å². The molecule has 0 radical (unpaired) electrons. The minimum Gasteiger partial charge on any atom is -0.811 e. The second kappa shape index (κ2) is 18.0. The van der Waals surface area contributed by atoms with Crippen molar-refractivity contribution in [2.45, 2.75) is 6.54 Å². The van der Waals surface area contributed by atoms with E-state index in [1.807, 2.05) is 0 Å². The Hall–Kier alpha value is 2.64. The van der Waals surface area contributed by atoms with E-state index in [0.29, 0.717) is 11.0 Å². The van der Waals surface area contributed by atoms with E-state index < -0.39 is 33.6 Å². The Kier molecular flexibility index (Phi) is 22.1. The SMILES string of the molecule is O=c1[nH]cnc2c1ccn2CC(COCCP(=O)([O-])[O-])COCP(=O)([O-])[O-].[Na+].[Na+].[Na+].[Na+]. The first-order valence-electron chi connectivity index (χ1n) is 7.75. The van der Waals surface area contributed by atoms with Gasteiger partial charge in [-0.3, -0.25) is 4.79 Å². The molecule has 0 spiro atoms. The number of aromatic amines is 1. The monoisotopic (exact) mass is 513 g/mol. The number of nitrogens with zero attached hydrogens (tertiary/aromatic N) is 2. The van der Waals surface area contributed by atoms with E-state index in [4.69, 9.17) is 9.47 Å². The molecule has 0 saturated heterocycles. The Morgan fingerprint density at radius 1 is 1.03 bits per heavy atom. The largest absolute Gasteiger partial charge is 1.00 e. The fourth-order valence-corrected chi connectivity index (χ4v) is 3.03. The number of rotatable bonds is 11. The molecule has 2 heterocycles. The zero-order valence-electron chi connectivity index (χ0n) is 18.0. The standard InChI is InChI=1S/C13H21N3O9P2.4Na/c17-13-11-1-2-16(12(11)14-8-15-13)5-10(7-25-9-27(21,22)23)6-24-3-4-26(18,19)20;;;;/h1-2,8,10H,3-7,9H2,(H,14,15,17)(H2,18,19,20)(H2,21,22,23);;;;/q;4*+1/p-4. The smallest absolute Gasteiger partial charge is 0.811 e. The molecule has 1 unspecified atom stereocenters. The second-order valence-electron chi connectivity index (χ2n) is 5.82. The predicted octanol–water partition coefficient (Wildman–Crippen LogP) is -14.8. The van der Waals surface area contributed by atoms with Gasteiger partial charge < -0.3 is 47.7 Å². The van der Waals surface area contributed by atoms with Crippen LogP contribution in [0.25, 0.3) is 11.0 Å². The molecular formula is C13H17N3Na4O9P2. The molecular weight excluding hydrogens is 496 g/mol. The molecule has 0 aliphatic carbocycles. The van der Waals surface area contributed by atoms with Crippen LogP contribution in [0, 0.1) is 5.92 Å². The van der Waals surface area contributed by atoms with Gasteiger partial charge in [-0.15, -0.1) is 0 Å². The molecule has 0 bridgehead atoms. The molecule has 0 saturated carbocycles. The summed E-state index contributed by atoms with van der Waals surface area (Å²) in [5.41, 5.74) is 0.0498. The molecule has 2 aromatic rings. The minimum atomic E-state index is -4.84. The van der Waals surface area contributed by atoms with E-state index in [1.54, 1.807) is 16.8 Å². The maximum atomic E-state index is 11.7. The zero-order chi connectivity index (χ0) is 20.1. The van der Waals surface area contributed by atoms with Gasteiger partial charge in [0, 0.05) is 18.7 Å². The molecule has 1 N–H and O–H groups in total. The maximum Gasteiger partial charge on any atom is 1.00 e. The summed E-state index contributed by atoms with van der Waals surface area (Å²) in [6.45, 7) is -0.379. The minimum absolute atomic E-state index is 0. The summed E-state index contributed by atoms with van der Waals surface area (Å²) in [6.07, 6.45) is 1.15.